The molecule has 0 aliphatic carbocycles. The predicted octanol–water partition coefficient (Wildman–Crippen LogP) is 3.51. The first kappa shape index (κ1) is 15.3. The summed E-state index contributed by atoms with van der Waals surface area (Å²) >= 11 is 3.37. The van der Waals surface area contributed by atoms with Crippen LogP contribution in [0.25, 0.3) is 6.08 Å². The van der Waals surface area contributed by atoms with Crippen molar-refractivity contribution in [3.63, 3.8) is 0 Å². The van der Waals surface area contributed by atoms with E-state index in [9.17, 15) is 4.79 Å². The minimum atomic E-state index is -1.00. The van der Waals surface area contributed by atoms with Crippen LogP contribution in [0.1, 0.15) is 12.5 Å². The zero-order valence-corrected chi connectivity index (χ0v) is 12.1. The highest BCUT2D eigenvalue weighted by Crippen LogP contribution is 2.34. The summed E-state index contributed by atoms with van der Waals surface area (Å²) in [5.74, 6) is 0.149. The fourth-order valence-corrected chi connectivity index (χ4v) is 1.82. The monoisotopic (exact) mass is 326 g/mol. The number of aliphatic carboxylic acids is 1. The summed E-state index contributed by atoms with van der Waals surface area (Å²) in [6.45, 7) is 6.32. The van der Waals surface area contributed by atoms with E-state index >= 15 is 0 Å². The summed E-state index contributed by atoms with van der Waals surface area (Å²) in [5.41, 5.74) is 0.705. The van der Waals surface area contributed by atoms with Gasteiger partial charge in [-0.2, -0.15) is 0 Å². The third-order valence-electron chi connectivity index (χ3n) is 2.13. The molecule has 4 nitrogen and oxygen atoms in total. The molecule has 1 aromatic rings. The molecule has 0 aromatic heterocycles. The molecule has 0 heterocycles. The summed E-state index contributed by atoms with van der Waals surface area (Å²) in [4.78, 5) is 10.5. The predicted molar refractivity (Wildman–Crippen MR) is 77.7 cm³/mol. The van der Waals surface area contributed by atoms with Crippen molar-refractivity contribution in [2.75, 3.05) is 13.2 Å². The second-order valence-corrected chi connectivity index (χ2v) is 4.38. The van der Waals surface area contributed by atoms with Crippen LogP contribution in [0, 0.1) is 0 Å². The van der Waals surface area contributed by atoms with Gasteiger partial charge in [-0.25, -0.2) is 4.79 Å². The van der Waals surface area contributed by atoms with Gasteiger partial charge >= 0.3 is 5.97 Å². The van der Waals surface area contributed by atoms with Gasteiger partial charge in [0.2, 0.25) is 0 Å². The van der Waals surface area contributed by atoms with Crippen molar-refractivity contribution in [2.24, 2.45) is 0 Å². The van der Waals surface area contributed by atoms with Crippen LogP contribution in [0.15, 0.2) is 35.3 Å². The molecule has 0 atom stereocenters. The first-order valence-electron chi connectivity index (χ1n) is 5.69. The van der Waals surface area contributed by atoms with Gasteiger partial charge in [0.25, 0.3) is 0 Å². The maximum absolute atomic E-state index is 10.5. The third kappa shape index (κ3) is 4.79. The quantitative estimate of drug-likeness (QED) is 0.615. The molecule has 0 aliphatic heterocycles. The normalized spacial score (nSPS) is 10.4. The highest BCUT2D eigenvalue weighted by molar-refractivity contribution is 9.10. The summed E-state index contributed by atoms with van der Waals surface area (Å²) in [5, 5.41) is 8.64. The highest BCUT2D eigenvalue weighted by Gasteiger charge is 2.09. The Morgan fingerprint density at radius 3 is 2.68 bits per heavy atom. The lowest BCUT2D eigenvalue weighted by atomic mass is 10.2. The van der Waals surface area contributed by atoms with Crippen LogP contribution in [0.5, 0.6) is 11.5 Å². The Bertz CT molecular complexity index is 494. The minimum absolute atomic E-state index is 0.372. The molecule has 0 aliphatic rings. The molecule has 1 rings (SSSR count). The molecule has 1 N–H and O–H groups in total. The van der Waals surface area contributed by atoms with Crippen molar-refractivity contribution < 1.29 is 19.4 Å². The molecule has 0 saturated carbocycles. The summed E-state index contributed by atoms with van der Waals surface area (Å²) < 4.78 is 11.7. The van der Waals surface area contributed by atoms with Crippen LogP contribution >= 0.6 is 15.9 Å². The largest absolute Gasteiger partial charge is 0.490 e. The van der Waals surface area contributed by atoms with E-state index in [4.69, 9.17) is 14.6 Å². The number of carboxylic acids is 1. The average molecular weight is 327 g/mol. The van der Waals surface area contributed by atoms with Crippen molar-refractivity contribution in [2.45, 2.75) is 6.92 Å². The number of ether oxygens (including phenoxy) is 2. The fourth-order valence-electron chi connectivity index (χ4n) is 1.37. The Morgan fingerprint density at radius 1 is 1.42 bits per heavy atom. The molecule has 0 unspecified atom stereocenters. The molecular formula is C14H15BrO4. The number of carbonyl (C=O) groups is 1. The maximum atomic E-state index is 10.5. The van der Waals surface area contributed by atoms with E-state index < -0.39 is 5.97 Å². The van der Waals surface area contributed by atoms with Crippen LogP contribution in [0.2, 0.25) is 0 Å². The molecule has 0 amide bonds. The van der Waals surface area contributed by atoms with Crippen molar-refractivity contribution in [1.82, 2.24) is 0 Å². The first-order valence-corrected chi connectivity index (χ1v) is 6.48. The standard InChI is InChI=1S/C14H15BrO4/c1-3-7-19-13-9-11(15)10(5-6-14(16)17)8-12(13)18-4-2/h3,5-6,8-9H,1,4,7H2,2H3,(H,16,17)/b6-5+. The van der Waals surface area contributed by atoms with E-state index in [-0.39, 0.29) is 0 Å². The summed E-state index contributed by atoms with van der Waals surface area (Å²) in [6, 6.07) is 3.47. The molecule has 0 radical (unpaired) electrons. The van der Waals surface area contributed by atoms with Crippen molar-refractivity contribution >= 4 is 28.0 Å². The Morgan fingerprint density at radius 2 is 2.11 bits per heavy atom. The van der Waals surface area contributed by atoms with E-state index in [1.54, 1.807) is 18.2 Å². The van der Waals surface area contributed by atoms with Gasteiger partial charge in [0.05, 0.1) is 6.61 Å². The number of carboxylic acid groups (broad SMARTS) is 1. The Kier molecular flexibility index (Phi) is 6.15. The van der Waals surface area contributed by atoms with Gasteiger partial charge < -0.3 is 14.6 Å². The summed E-state index contributed by atoms with van der Waals surface area (Å²) in [6.07, 6.45) is 4.20. The molecule has 102 valence electrons. The van der Waals surface area contributed by atoms with Crippen LogP contribution in [0.3, 0.4) is 0 Å². The zero-order valence-electron chi connectivity index (χ0n) is 10.6. The van der Waals surface area contributed by atoms with Gasteiger partial charge in [-0.05, 0) is 30.7 Å². The first-order chi connectivity index (χ1) is 9.08. The second-order valence-electron chi connectivity index (χ2n) is 3.52. The van der Waals surface area contributed by atoms with E-state index in [1.165, 1.54) is 6.08 Å². The lowest BCUT2D eigenvalue weighted by molar-refractivity contribution is -0.131. The maximum Gasteiger partial charge on any atom is 0.328 e. The lowest BCUT2D eigenvalue weighted by Gasteiger charge is -2.12. The van der Waals surface area contributed by atoms with Crippen molar-refractivity contribution in [1.29, 1.82) is 0 Å². The van der Waals surface area contributed by atoms with Crippen LogP contribution in [0.4, 0.5) is 0 Å². The topological polar surface area (TPSA) is 55.8 Å². The van der Waals surface area contributed by atoms with Gasteiger partial charge in [0.1, 0.15) is 6.61 Å². The highest BCUT2D eigenvalue weighted by atomic mass is 79.9. The number of benzene rings is 1. The van der Waals surface area contributed by atoms with E-state index in [0.717, 1.165) is 10.5 Å². The smallest absolute Gasteiger partial charge is 0.328 e. The molecule has 0 bridgehead atoms. The number of halogens is 1. The van der Waals surface area contributed by atoms with Gasteiger partial charge in [-0.15, -0.1) is 0 Å². The van der Waals surface area contributed by atoms with Crippen LogP contribution in [-0.4, -0.2) is 24.3 Å². The molecule has 0 spiro atoms. The Hall–Kier alpha value is -1.75. The third-order valence-corrected chi connectivity index (χ3v) is 2.81. The van der Waals surface area contributed by atoms with E-state index in [0.29, 0.717) is 30.3 Å². The molecule has 1 aromatic carbocycles. The Labute approximate surface area is 120 Å². The zero-order chi connectivity index (χ0) is 14.3. The van der Waals surface area contributed by atoms with Gasteiger partial charge in [0, 0.05) is 10.5 Å². The SMILES string of the molecule is C=CCOc1cc(Br)c(/C=C/C(=O)O)cc1OCC. The van der Waals surface area contributed by atoms with Crippen LogP contribution < -0.4 is 9.47 Å². The fraction of sp³-hybridized carbons (Fsp3) is 0.214. The second kappa shape index (κ2) is 7.63. The molecule has 0 fully saturated rings. The molecule has 19 heavy (non-hydrogen) atoms. The summed E-state index contributed by atoms with van der Waals surface area (Å²) in [7, 11) is 0. The van der Waals surface area contributed by atoms with Crippen molar-refractivity contribution in [3.05, 3.63) is 40.9 Å². The lowest BCUT2D eigenvalue weighted by Crippen LogP contribution is -1.99. The average Bonchev–Trinajstić information content (AvgIpc) is 2.37. The number of rotatable bonds is 7. The number of hydrogen-bond donors (Lipinski definition) is 1. The van der Waals surface area contributed by atoms with Crippen LogP contribution in [-0.2, 0) is 4.79 Å². The molecule has 5 heteroatoms. The Balaban J connectivity index is 3.11. The van der Waals surface area contributed by atoms with Gasteiger partial charge in [-0.1, -0.05) is 28.6 Å². The van der Waals surface area contributed by atoms with E-state index in [1.807, 2.05) is 6.92 Å². The number of hydrogen-bond acceptors (Lipinski definition) is 3. The molecular weight excluding hydrogens is 312 g/mol. The molecule has 0 saturated heterocycles. The minimum Gasteiger partial charge on any atom is -0.490 e. The van der Waals surface area contributed by atoms with E-state index in [2.05, 4.69) is 22.5 Å². The van der Waals surface area contributed by atoms with Gasteiger partial charge in [0.15, 0.2) is 11.5 Å². The van der Waals surface area contributed by atoms with Gasteiger partial charge in [-0.3, -0.25) is 0 Å². The van der Waals surface area contributed by atoms with Crippen molar-refractivity contribution in [3.8, 4) is 11.5 Å².